The summed E-state index contributed by atoms with van der Waals surface area (Å²) >= 11 is 1.34. The number of halogens is 3. The van der Waals surface area contributed by atoms with Crippen LogP contribution in [-0.4, -0.2) is 41.1 Å². The molecule has 1 unspecified atom stereocenters. The third-order valence-corrected chi connectivity index (χ3v) is 4.91. The molecule has 8 heteroatoms. The highest BCUT2D eigenvalue weighted by Gasteiger charge is 2.44. The number of nitrogens with two attached hydrogens (primary N) is 1. The summed E-state index contributed by atoms with van der Waals surface area (Å²) in [5.74, 6) is -0.977. The second-order valence-corrected chi connectivity index (χ2v) is 6.48. The molecule has 1 aromatic heterocycles. The summed E-state index contributed by atoms with van der Waals surface area (Å²) in [5, 5.41) is 2.40. The maximum absolute atomic E-state index is 13.0. The van der Waals surface area contributed by atoms with Gasteiger partial charge in [-0.2, -0.15) is 13.2 Å². The largest absolute Gasteiger partial charge is 0.404 e. The molecule has 4 nitrogen and oxygen atoms in total. The van der Waals surface area contributed by atoms with E-state index in [2.05, 4.69) is 4.98 Å². The summed E-state index contributed by atoms with van der Waals surface area (Å²) in [6.45, 7) is 0.794. The van der Waals surface area contributed by atoms with E-state index in [1.54, 1.807) is 11.6 Å². The van der Waals surface area contributed by atoms with Crippen molar-refractivity contribution in [1.29, 1.82) is 0 Å². The highest BCUT2D eigenvalue weighted by atomic mass is 32.1. The van der Waals surface area contributed by atoms with Crippen molar-refractivity contribution in [2.75, 3.05) is 13.1 Å². The van der Waals surface area contributed by atoms with E-state index < -0.39 is 24.0 Å². The van der Waals surface area contributed by atoms with Crippen molar-refractivity contribution in [3.63, 3.8) is 0 Å². The summed E-state index contributed by atoms with van der Waals surface area (Å²) in [5.41, 5.74) is 5.38. The lowest BCUT2D eigenvalue weighted by atomic mass is 9.99. The maximum Gasteiger partial charge on any atom is 0.404 e. The van der Waals surface area contributed by atoms with Crippen molar-refractivity contribution < 1.29 is 18.0 Å². The fourth-order valence-electron chi connectivity index (χ4n) is 2.92. The molecule has 0 bridgehead atoms. The standard InChI is InChI=1S/C14H20F3N3OS/c15-14(16,17)11-5-1-2-7-20(11)8-3-4-10(12(18)21)13-19-6-9-22-13/h6,9-11H,1-5,7-8H2,(H2,18,21)/t10?,11-/m1/s1. The van der Waals surface area contributed by atoms with Crippen LogP contribution in [0.4, 0.5) is 13.2 Å². The van der Waals surface area contributed by atoms with Gasteiger partial charge in [0.1, 0.15) is 11.0 Å². The maximum atomic E-state index is 13.0. The number of primary amides is 1. The molecule has 0 radical (unpaired) electrons. The molecule has 0 spiro atoms. The number of hydrogen-bond acceptors (Lipinski definition) is 4. The predicted octanol–water partition coefficient (Wildman–Crippen LogP) is 2.91. The first-order valence-electron chi connectivity index (χ1n) is 7.39. The van der Waals surface area contributed by atoms with Crippen LogP contribution in [0, 0.1) is 0 Å². The summed E-state index contributed by atoms with van der Waals surface area (Å²) in [4.78, 5) is 17.1. The van der Waals surface area contributed by atoms with Crippen LogP contribution in [0.3, 0.4) is 0 Å². The number of thiazole rings is 1. The average molecular weight is 335 g/mol. The zero-order valence-electron chi connectivity index (χ0n) is 12.2. The van der Waals surface area contributed by atoms with Crippen LogP contribution in [0.5, 0.6) is 0 Å². The monoisotopic (exact) mass is 335 g/mol. The molecular weight excluding hydrogens is 315 g/mol. The Hall–Kier alpha value is -1.15. The second-order valence-electron chi connectivity index (χ2n) is 5.56. The first-order valence-corrected chi connectivity index (χ1v) is 8.27. The number of amides is 1. The Balaban J connectivity index is 1.89. The van der Waals surface area contributed by atoms with Crippen LogP contribution >= 0.6 is 11.3 Å². The first-order chi connectivity index (χ1) is 10.4. The quantitative estimate of drug-likeness (QED) is 0.869. The Morgan fingerprint density at radius 1 is 1.50 bits per heavy atom. The van der Waals surface area contributed by atoms with E-state index in [0.29, 0.717) is 37.4 Å². The van der Waals surface area contributed by atoms with Gasteiger partial charge in [0, 0.05) is 11.6 Å². The molecule has 0 aromatic carbocycles. The molecule has 1 aromatic rings. The number of piperidine rings is 1. The smallest absolute Gasteiger partial charge is 0.369 e. The van der Waals surface area contributed by atoms with E-state index in [1.165, 1.54) is 16.2 Å². The summed E-state index contributed by atoms with van der Waals surface area (Å²) < 4.78 is 39.0. The van der Waals surface area contributed by atoms with Crippen LogP contribution in [0.15, 0.2) is 11.6 Å². The molecule has 1 fully saturated rings. The van der Waals surface area contributed by atoms with Gasteiger partial charge in [0.25, 0.3) is 0 Å². The molecule has 2 atom stereocenters. The number of rotatable bonds is 6. The minimum Gasteiger partial charge on any atom is -0.369 e. The lowest BCUT2D eigenvalue weighted by Crippen LogP contribution is -2.48. The molecule has 1 amide bonds. The van der Waals surface area contributed by atoms with Crippen LogP contribution < -0.4 is 5.73 Å². The van der Waals surface area contributed by atoms with Crippen LogP contribution in [-0.2, 0) is 4.79 Å². The van der Waals surface area contributed by atoms with Gasteiger partial charge in [0.2, 0.25) is 5.91 Å². The SMILES string of the molecule is NC(=O)C(CCCN1CCCC[C@@H]1C(F)(F)F)c1nccs1. The van der Waals surface area contributed by atoms with Gasteiger partial charge < -0.3 is 5.73 Å². The van der Waals surface area contributed by atoms with Gasteiger partial charge in [-0.3, -0.25) is 9.69 Å². The Bertz CT molecular complexity index is 478. The number of carbonyl (C=O) groups is 1. The van der Waals surface area contributed by atoms with Crippen molar-refractivity contribution in [1.82, 2.24) is 9.88 Å². The molecule has 22 heavy (non-hydrogen) atoms. The Morgan fingerprint density at radius 3 is 2.86 bits per heavy atom. The Morgan fingerprint density at radius 2 is 2.27 bits per heavy atom. The minimum atomic E-state index is -4.18. The topological polar surface area (TPSA) is 59.2 Å². The van der Waals surface area contributed by atoms with E-state index >= 15 is 0 Å². The van der Waals surface area contributed by atoms with Crippen LogP contribution in [0.1, 0.15) is 43.0 Å². The predicted molar refractivity (Wildman–Crippen MR) is 78.6 cm³/mol. The molecule has 124 valence electrons. The van der Waals surface area contributed by atoms with E-state index in [0.717, 1.165) is 6.42 Å². The summed E-state index contributed by atoms with van der Waals surface area (Å²) in [6, 6.07) is -1.35. The van der Waals surface area contributed by atoms with Gasteiger partial charge in [-0.15, -0.1) is 11.3 Å². The van der Waals surface area contributed by atoms with E-state index in [9.17, 15) is 18.0 Å². The highest BCUT2D eigenvalue weighted by molar-refractivity contribution is 7.09. The third-order valence-electron chi connectivity index (χ3n) is 4.02. The Kier molecular flexibility index (Phi) is 5.80. The lowest BCUT2D eigenvalue weighted by molar-refractivity contribution is -0.191. The van der Waals surface area contributed by atoms with Gasteiger partial charge in [-0.25, -0.2) is 4.98 Å². The van der Waals surface area contributed by atoms with Gasteiger partial charge in [-0.1, -0.05) is 6.42 Å². The fraction of sp³-hybridized carbons (Fsp3) is 0.714. The normalized spacial score (nSPS) is 21.7. The van der Waals surface area contributed by atoms with Crippen molar-refractivity contribution in [2.45, 2.75) is 50.2 Å². The van der Waals surface area contributed by atoms with Crippen LogP contribution in [0.25, 0.3) is 0 Å². The fourth-order valence-corrected chi connectivity index (χ4v) is 3.70. The number of nitrogens with zero attached hydrogens (tertiary/aromatic N) is 2. The molecule has 1 aliphatic heterocycles. The molecule has 2 heterocycles. The summed E-state index contributed by atoms with van der Waals surface area (Å²) in [6.07, 6.45) is -0.0833. The van der Waals surface area contributed by atoms with Crippen molar-refractivity contribution >= 4 is 17.2 Å². The zero-order chi connectivity index (χ0) is 16.2. The number of alkyl halides is 3. The lowest BCUT2D eigenvalue weighted by Gasteiger charge is -2.36. The van der Waals surface area contributed by atoms with E-state index in [-0.39, 0.29) is 6.42 Å². The summed E-state index contributed by atoms with van der Waals surface area (Å²) in [7, 11) is 0. The third kappa shape index (κ3) is 4.42. The number of hydrogen-bond donors (Lipinski definition) is 1. The molecule has 0 saturated carbocycles. The number of carbonyl (C=O) groups excluding carboxylic acids is 1. The van der Waals surface area contributed by atoms with E-state index in [1.807, 2.05) is 0 Å². The zero-order valence-corrected chi connectivity index (χ0v) is 13.0. The van der Waals surface area contributed by atoms with Gasteiger partial charge in [0.15, 0.2) is 0 Å². The van der Waals surface area contributed by atoms with Crippen molar-refractivity contribution in [2.24, 2.45) is 5.73 Å². The van der Waals surface area contributed by atoms with Crippen molar-refractivity contribution in [3.05, 3.63) is 16.6 Å². The van der Waals surface area contributed by atoms with Crippen molar-refractivity contribution in [3.8, 4) is 0 Å². The molecule has 2 rings (SSSR count). The Labute approximate surface area is 131 Å². The van der Waals surface area contributed by atoms with Gasteiger partial charge >= 0.3 is 6.18 Å². The van der Waals surface area contributed by atoms with Gasteiger partial charge in [-0.05, 0) is 38.8 Å². The number of likely N-dealkylation sites (tertiary alicyclic amines) is 1. The second kappa shape index (κ2) is 7.41. The van der Waals surface area contributed by atoms with Crippen LogP contribution in [0.2, 0.25) is 0 Å². The molecular formula is C14H20F3N3OS. The molecule has 1 aliphatic rings. The number of aromatic nitrogens is 1. The highest BCUT2D eigenvalue weighted by Crippen LogP contribution is 2.32. The van der Waals surface area contributed by atoms with Gasteiger partial charge in [0.05, 0.1) is 5.92 Å². The molecule has 0 aliphatic carbocycles. The average Bonchev–Trinajstić information content (AvgIpc) is 2.96. The molecule has 2 N–H and O–H groups in total. The first kappa shape index (κ1) is 17.2. The van der Waals surface area contributed by atoms with E-state index in [4.69, 9.17) is 5.73 Å². The minimum absolute atomic E-state index is 0.162. The molecule has 1 saturated heterocycles.